The van der Waals surface area contributed by atoms with Gasteiger partial charge in [0.1, 0.15) is 0 Å². The van der Waals surface area contributed by atoms with E-state index >= 15 is 0 Å². The third-order valence-corrected chi connectivity index (χ3v) is 1.18. The van der Waals surface area contributed by atoms with E-state index in [2.05, 4.69) is 4.94 Å². The Morgan fingerprint density at radius 3 is 1.44 bits per heavy atom. The Morgan fingerprint density at radius 2 is 1.38 bits per heavy atom. The quantitative estimate of drug-likeness (QED) is 0.530. The molecule has 0 unspecified atom stereocenters. The number of hydrogen-bond donors (Lipinski definition) is 1. The molecule has 0 aliphatic rings. The molecule has 0 amide bonds. The van der Waals surface area contributed by atoms with Crippen LogP contribution in [0.5, 0.6) is 0 Å². The van der Waals surface area contributed by atoms with E-state index in [-0.39, 0.29) is 33.1 Å². The molecule has 0 fully saturated rings. The molecule has 9 nitrogen and oxygen atoms in total. The standard InChI is InChI=1S/C6H14N2O3.HNO3.Pt/c1-5(2)7(6(3)4)11-8(9)10;2-1(3)4;/h5-6H,1-4H3;(H,2,3,4);. The average molecular weight is 420 g/mol. The second-order valence-corrected chi connectivity index (χ2v) is 3.09. The minimum absolute atomic E-state index is 0. The molecule has 16 heavy (non-hydrogen) atoms. The molecule has 0 aromatic carbocycles. The SMILES string of the molecule is CC(C)N(O[N+](=O)[O-])C(C)C.O=[N+]([O-])O.[Pt]. The van der Waals surface area contributed by atoms with Crippen molar-refractivity contribution in [3.05, 3.63) is 20.2 Å². The van der Waals surface area contributed by atoms with Crippen molar-refractivity contribution in [2.24, 2.45) is 0 Å². The maximum Gasteiger partial charge on any atom is 0.312 e. The smallest absolute Gasteiger partial charge is 0.312 e. The van der Waals surface area contributed by atoms with E-state index in [4.69, 9.17) is 15.3 Å². The molecule has 0 rings (SSSR count). The fraction of sp³-hybridized carbons (Fsp3) is 1.00. The van der Waals surface area contributed by atoms with Gasteiger partial charge in [-0.2, -0.15) is 0 Å². The molecule has 0 aromatic heterocycles. The molecule has 1 N–H and O–H groups in total. The summed E-state index contributed by atoms with van der Waals surface area (Å²) in [5, 5.41) is 24.1. The minimum Gasteiger partial charge on any atom is -0.328 e. The Labute approximate surface area is 107 Å². The monoisotopic (exact) mass is 420 g/mol. The van der Waals surface area contributed by atoms with Crippen LogP contribution < -0.4 is 0 Å². The fourth-order valence-electron chi connectivity index (χ4n) is 0.862. The molecule has 0 heterocycles. The molecule has 0 spiro atoms. The summed E-state index contributed by atoms with van der Waals surface area (Å²) in [6.07, 6.45) is 0. The fourth-order valence-corrected chi connectivity index (χ4v) is 0.862. The van der Waals surface area contributed by atoms with Crippen LogP contribution in [0.3, 0.4) is 0 Å². The summed E-state index contributed by atoms with van der Waals surface area (Å²) in [4.78, 5) is 22.7. The number of hydroxylamine groups is 2. The van der Waals surface area contributed by atoms with Gasteiger partial charge >= 0.3 is 5.09 Å². The topological polar surface area (TPSA) is 119 Å². The zero-order valence-corrected chi connectivity index (χ0v) is 11.6. The maximum atomic E-state index is 9.96. The van der Waals surface area contributed by atoms with Gasteiger partial charge in [-0.3, -0.25) is 0 Å². The molecule has 0 saturated heterocycles. The van der Waals surface area contributed by atoms with Crippen LogP contribution in [0, 0.1) is 20.2 Å². The molecule has 0 saturated carbocycles. The van der Waals surface area contributed by atoms with Crippen LogP contribution in [0.1, 0.15) is 27.7 Å². The minimum atomic E-state index is -1.50. The van der Waals surface area contributed by atoms with E-state index in [9.17, 15) is 10.1 Å². The van der Waals surface area contributed by atoms with Crippen LogP contribution in [-0.4, -0.2) is 32.5 Å². The summed E-state index contributed by atoms with van der Waals surface area (Å²) >= 11 is 0. The van der Waals surface area contributed by atoms with Crippen molar-refractivity contribution in [3.63, 3.8) is 0 Å². The molecule has 10 heteroatoms. The first-order valence-electron chi connectivity index (χ1n) is 4.12. The molecule has 0 radical (unpaired) electrons. The Bertz CT molecular complexity index is 200. The Morgan fingerprint density at radius 1 is 1.12 bits per heavy atom. The van der Waals surface area contributed by atoms with Gasteiger partial charge in [0.05, 0.1) is 0 Å². The number of nitrogens with zero attached hydrogens (tertiary/aromatic N) is 3. The summed E-state index contributed by atoms with van der Waals surface area (Å²) in [5.74, 6) is 0. The second kappa shape index (κ2) is 10.6. The van der Waals surface area contributed by atoms with Crippen molar-refractivity contribution >= 4 is 0 Å². The summed E-state index contributed by atoms with van der Waals surface area (Å²) in [5.41, 5.74) is 0. The third-order valence-electron chi connectivity index (χ3n) is 1.18. The summed E-state index contributed by atoms with van der Waals surface area (Å²) in [6, 6.07) is 0.0285. The molecule has 0 aromatic rings. The van der Waals surface area contributed by atoms with Crippen LogP contribution in [-0.2, 0) is 26.0 Å². The van der Waals surface area contributed by atoms with Gasteiger partial charge < -0.3 is 5.21 Å². The van der Waals surface area contributed by atoms with Gasteiger partial charge in [-0.05, 0) is 27.7 Å². The molecule has 0 aliphatic carbocycles. The first-order valence-corrected chi connectivity index (χ1v) is 4.12. The van der Waals surface area contributed by atoms with Crippen molar-refractivity contribution in [1.82, 2.24) is 5.06 Å². The normalized spacial score (nSPS) is 9.19. The average Bonchev–Trinajstić information content (AvgIpc) is 1.97. The van der Waals surface area contributed by atoms with E-state index < -0.39 is 10.2 Å². The molecular weight excluding hydrogens is 405 g/mol. The number of rotatable bonds is 4. The maximum absolute atomic E-state index is 9.96. The zero-order chi connectivity index (χ0) is 12.6. The first-order chi connectivity index (χ1) is 6.68. The molecule has 0 atom stereocenters. The van der Waals surface area contributed by atoms with Gasteiger partial charge in [0, 0.05) is 33.1 Å². The van der Waals surface area contributed by atoms with Gasteiger partial charge in [0.25, 0.3) is 5.09 Å². The summed E-state index contributed by atoms with van der Waals surface area (Å²) in [7, 11) is 0. The first kappa shape index (κ1) is 20.5. The van der Waals surface area contributed by atoms with E-state index in [1.807, 2.05) is 27.7 Å². The van der Waals surface area contributed by atoms with E-state index in [0.29, 0.717) is 0 Å². The molecular formula is C6H15N3O6Pt. The summed E-state index contributed by atoms with van der Waals surface area (Å²) < 4.78 is 0. The van der Waals surface area contributed by atoms with Gasteiger partial charge in [-0.1, -0.05) is 0 Å². The van der Waals surface area contributed by atoms with Crippen LogP contribution >= 0.6 is 0 Å². The van der Waals surface area contributed by atoms with Gasteiger partial charge in [-0.15, -0.1) is 25.3 Å². The van der Waals surface area contributed by atoms with Crippen LogP contribution in [0.15, 0.2) is 0 Å². The van der Waals surface area contributed by atoms with Gasteiger partial charge in [-0.25, -0.2) is 4.94 Å². The molecule has 0 aliphatic heterocycles. The molecule has 100 valence electrons. The predicted octanol–water partition coefficient (Wildman–Crippen LogP) is 0.878. The second-order valence-electron chi connectivity index (χ2n) is 3.09. The Balaban J connectivity index is -0.000000292. The number of hydrogen-bond acceptors (Lipinski definition) is 6. The van der Waals surface area contributed by atoms with Crippen molar-refractivity contribution in [2.45, 2.75) is 39.8 Å². The van der Waals surface area contributed by atoms with E-state index in [1.54, 1.807) is 0 Å². The third kappa shape index (κ3) is 15.5. The van der Waals surface area contributed by atoms with Crippen LogP contribution in [0.25, 0.3) is 0 Å². The van der Waals surface area contributed by atoms with Crippen molar-refractivity contribution < 1.29 is 41.4 Å². The van der Waals surface area contributed by atoms with Crippen LogP contribution in [0.2, 0.25) is 0 Å². The molecule has 0 bridgehead atoms. The van der Waals surface area contributed by atoms with Gasteiger partial charge in [0.15, 0.2) is 0 Å². The Kier molecular flexibility index (Phi) is 13.5. The van der Waals surface area contributed by atoms with Crippen molar-refractivity contribution in [2.75, 3.05) is 0 Å². The van der Waals surface area contributed by atoms with Crippen molar-refractivity contribution in [1.29, 1.82) is 0 Å². The van der Waals surface area contributed by atoms with E-state index in [1.165, 1.54) is 5.06 Å². The van der Waals surface area contributed by atoms with Crippen LogP contribution in [0.4, 0.5) is 0 Å². The van der Waals surface area contributed by atoms with E-state index in [0.717, 1.165) is 0 Å². The summed E-state index contributed by atoms with van der Waals surface area (Å²) in [6.45, 7) is 7.35. The van der Waals surface area contributed by atoms with Gasteiger partial charge in [0.2, 0.25) is 0 Å². The largest absolute Gasteiger partial charge is 0.328 e. The van der Waals surface area contributed by atoms with Crippen molar-refractivity contribution in [3.8, 4) is 0 Å². The predicted molar refractivity (Wildman–Crippen MR) is 49.0 cm³/mol. The zero-order valence-electron chi connectivity index (χ0n) is 9.30. The Hall–Kier alpha value is -0.952.